The number of anilines is 1. The number of thiazole rings is 1. The Bertz CT molecular complexity index is 360. The molecule has 1 heterocycles. The van der Waals surface area contributed by atoms with Gasteiger partial charge in [-0.1, -0.05) is 13.8 Å². The molecule has 1 unspecified atom stereocenters. The maximum absolute atomic E-state index is 4.56. The second-order valence-electron chi connectivity index (χ2n) is 5.45. The minimum Gasteiger partial charge on any atom is -0.346 e. The number of rotatable bonds is 7. The van der Waals surface area contributed by atoms with Crippen molar-refractivity contribution in [3.05, 3.63) is 11.1 Å². The topological polar surface area (TPSA) is 28.2 Å². The van der Waals surface area contributed by atoms with Crippen molar-refractivity contribution in [3.63, 3.8) is 0 Å². The molecule has 0 aromatic carbocycles. The van der Waals surface area contributed by atoms with Gasteiger partial charge in [-0.2, -0.15) is 0 Å². The van der Waals surface area contributed by atoms with Crippen LogP contribution >= 0.6 is 11.3 Å². The molecule has 0 aliphatic rings. The van der Waals surface area contributed by atoms with E-state index in [2.05, 4.69) is 56.9 Å². The van der Waals surface area contributed by atoms with Gasteiger partial charge in [0.05, 0.1) is 0 Å². The van der Waals surface area contributed by atoms with Gasteiger partial charge in [0.1, 0.15) is 0 Å². The van der Waals surface area contributed by atoms with E-state index in [4.69, 9.17) is 0 Å². The fourth-order valence-corrected chi connectivity index (χ4v) is 2.66. The molecule has 1 atom stereocenters. The fourth-order valence-electron chi connectivity index (χ4n) is 1.59. The Labute approximate surface area is 116 Å². The van der Waals surface area contributed by atoms with E-state index in [9.17, 15) is 0 Å². The third-order valence-electron chi connectivity index (χ3n) is 3.70. The molecule has 1 aromatic rings. The molecule has 1 rings (SSSR count). The molecule has 0 aliphatic carbocycles. The summed E-state index contributed by atoms with van der Waals surface area (Å²) in [5.74, 6) is 0. The van der Waals surface area contributed by atoms with E-state index in [1.807, 2.05) is 6.20 Å². The zero-order chi connectivity index (χ0) is 13.8. The lowest BCUT2D eigenvalue weighted by molar-refractivity contribution is 0.470. The molecule has 1 aromatic heterocycles. The number of hydrogen-bond donors (Lipinski definition) is 1. The number of aromatic nitrogens is 1. The molecule has 0 bridgehead atoms. The van der Waals surface area contributed by atoms with Gasteiger partial charge in [0.2, 0.25) is 0 Å². The maximum atomic E-state index is 4.56. The van der Waals surface area contributed by atoms with Gasteiger partial charge in [-0.25, -0.2) is 4.98 Å². The van der Waals surface area contributed by atoms with Crippen molar-refractivity contribution in [2.24, 2.45) is 0 Å². The molecule has 0 saturated carbocycles. The van der Waals surface area contributed by atoms with Crippen LogP contribution in [0.4, 0.5) is 5.13 Å². The SMILES string of the molecule is CCCNC(C)c1cnc(N(C)C(C)(C)CC)s1. The summed E-state index contributed by atoms with van der Waals surface area (Å²) in [4.78, 5) is 8.17. The van der Waals surface area contributed by atoms with Crippen molar-refractivity contribution in [3.8, 4) is 0 Å². The zero-order valence-electron chi connectivity index (χ0n) is 12.6. The summed E-state index contributed by atoms with van der Waals surface area (Å²) in [6.45, 7) is 12.2. The van der Waals surface area contributed by atoms with Crippen LogP contribution in [0.15, 0.2) is 6.20 Å². The Kier molecular flexibility index (Phi) is 5.60. The molecule has 0 spiro atoms. The Balaban J connectivity index is 2.74. The molecular formula is C14H27N3S. The molecule has 0 fully saturated rings. The molecule has 4 heteroatoms. The number of hydrogen-bond acceptors (Lipinski definition) is 4. The van der Waals surface area contributed by atoms with E-state index in [0.717, 1.165) is 18.1 Å². The first-order valence-electron chi connectivity index (χ1n) is 6.85. The summed E-state index contributed by atoms with van der Waals surface area (Å²) in [5, 5.41) is 4.62. The van der Waals surface area contributed by atoms with Gasteiger partial charge in [-0.05, 0) is 40.2 Å². The van der Waals surface area contributed by atoms with Crippen LogP contribution in [0.2, 0.25) is 0 Å². The minimum absolute atomic E-state index is 0.162. The lowest BCUT2D eigenvalue weighted by Crippen LogP contribution is -2.40. The van der Waals surface area contributed by atoms with Gasteiger partial charge in [-0.15, -0.1) is 11.3 Å². The van der Waals surface area contributed by atoms with Gasteiger partial charge in [0.15, 0.2) is 5.13 Å². The minimum atomic E-state index is 0.162. The quantitative estimate of drug-likeness (QED) is 0.815. The highest BCUT2D eigenvalue weighted by Crippen LogP contribution is 2.31. The molecule has 18 heavy (non-hydrogen) atoms. The third kappa shape index (κ3) is 3.69. The third-order valence-corrected chi connectivity index (χ3v) is 4.96. The van der Waals surface area contributed by atoms with Crippen LogP contribution in [0.3, 0.4) is 0 Å². The molecule has 0 saturated heterocycles. The van der Waals surface area contributed by atoms with E-state index in [0.29, 0.717) is 6.04 Å². The average molecular weight is 269 g/mol. The van der Waals surface area contributed by atoms with E-state index in [1.54, 1.807) is 11.3 Å². The Morgan fingerprint density at radius 1 is 1.44 bits per heavy atom. The average Bonchev–Trinajstić information content (AvgIpc) is 2.84. The van der Waals surface area contributed by atoms with Crippen LogP contribution in [-0.4, -0.2) is 24.1 Å². The van der Waals surface area contributed by atoms with Crippen molar-refractivity contribution in [2.75, 3.05) is 18.5 Å². The highest BCUT2D eigenvalue weighted by molar-refractivity contribution is 7.15. The number of nitrogens with zero attached hydrogens (tertiary/aromatic N) is 2. The lowest BCUT2D eigenvalue weighted by atomic mass is 10.0. The normalized spacial score (nSPS) is 13.7. The van der Waals surface area contributed by atoms with Crippen LogP contribution in [0.5, 0.6) is 0 Å². The first-order valence-corrected chi connectivity index (χ1v) is 7.67. The van der Waals surface area contributed by atoms with Crippen LogP contribution in [0, 0.1) is 0 Å². The van der Waals surface area contributed by atoms with Crippen LogP contribution < -0.4 is 10.2 Å². The van der Waals surface area contributed by atoms with Gasteiger partial charge >= 0.3 is 0 Å². The second kappa shape index (κ2) is 6.53. The Morgan fingerprint density at radius 2 is 2.11 bits per heavy atom. The first-order chi connectivity index (χ1) is 8.42. The lowest BCUT2D eigenvalue weighted by Gasteiger charge is -2.34. The molecule has 0 aliphatic heterocycles. The summed E-state index contributed by atoms with van der Waals surface area (Å²) in [6.07, 6.45) is 4.29. The van der Waals surface area contributed by atoms with E-state index >= 15 is 0 Å². The monoisotopic (exact) mass is 269 g/mol. The molecule has 3 nitrogen and oxygen atoms in total. The van der Waals surface area contributed by atoms with Crippen LogP contribution in [0.25, 0.3) is 0 Å². The highest BCUT2D eigenvalue weighted by atomic mass is 32.1. The van der Waals surface area contributed by atoms with Gasteiger partial charge in [-0.3, -0.25) is 0 Å². The summed E-state index contributed by atoms with van der Waals surface area (Å²) < 4.78 is 0. The van der Waals surface area contributed by atoms with Crippen molar-refractivity contribution >= 4 is 16.5 Å². The molecule has 1 N–H and O–H groups in total. The first kappa shape index (κ1) is 15.4. The summed E-state index contributed by atoms with van der Waals surface area (Å²) in [5.41, 5.74) is 0.162. The summed E-state index contributed by atoms with van der Waals surface area (Å²) in [7, 11) is 2.14. The highest BCUT2D eigenvalue weighted by Gasteiger charge is 2.24. The molecular weight excluding hydrogens is 242 g/mol. The van der Waals surface area contributed by atoms with Crippen LogP contribution in [0.1, 0.15) is 58.4 Å². The largest absolute Gasteiger partial charge is 0.346 e. The zero-order valence-corrected chi connectivity index (χ0v) is 13.4. The van der Waals surface area contributed by atoms with Gasteiger partial charge in [0.25, 0.3) is 0 Å². The Morgan fingerprint density at radius 3 is 2.67 bits per heavy atom. The molecule has 104 valence electrons. The Hall–Kier alpha value is -0.610. The van der Waals surface area contributed by atoms with E-state index < -0.39 is 0 Å². The maximum Gasteiger partial charge on any atom is 0.185 e. The van der Waals surface area contributed by atoms with Crippen molar-refractivity contribution < 1.29 is 0 Å². The van der Waals surface area contributed by atoms with E-state index in [-0.39, 0.29) is 5.54 Å². The van der Waals surface area contributed by atoms with Gasteiger partial charge < -0.3 is 10.2 Å². The number of nitrogens with one attached hydrogen (secondary N) is 1. The summed E-state index contributed by atoms with van der Waals surface area (Å²) in [6, 6.07) is 0.398. The van der Waals surface area contributed by atoms with Crippen LogP contribution in [-0.2, 0) is 0 Å². The predicted molar refractivity (Wildman–Crippen MR) is 81.6 cm³/mol. The standard InChI is InChI=1S/C14H27N3S/c1-7-9-15-11(3)12-10-16-13(18-12)17(6)14(4,5)8-2/h10-11,15H,7-9H2,1-6H3. The van der Waals surface area contributed by atoms with Gasteiger partial charge in [0, 0.05) is 29.7 Å². The van der Waals surface area contributed by atoms with E-state index in [1.165, 1.54) is 11.3 Å². The fraction of sp³-hybridized carbons (Fsp3) is 0.786. The van der Waals surface area contributed by atoms with Crippen molar-refractivity contribution in [1.29, 1.82) is 0 Å². The summed E-state index contributed by atoms with van der Waals surface area (Å²) >= 11 is 1.79. The molecule has 0 radical (unpaired) electrons. The van der Waals surface area contributed by atoms with Crippen molar-refractivity contribution in [1.82, 2.24) is 10.3 Å². The van der Waals surface area contributed by atoms with Crippen molar-refractivity contribution in [2.45, 2.75) is 59.0 Å². The second-order valence-corrected chi connectivity index (χ2v) is 6.49. The predicted octanol–water partition coefficient (Wildman–Crippen LogP) is 3.83. The smallest absolute Gasteiger partial charge is 0.185 e. The molecule has 0 amide bonds.